The average molecular weight is 544 g/mol. The van der Waals surface area contributed by atoms with E-state index < -0.39 is 5.97 Å². The largest absolute Gasteiger partial charge is 0.379 e. The van der Waals surface area contributed by atoms with Crippen LogP contribution in [-0.2, 0) is 16.2 Å². The molecule has 8 nitrogen and oxygen atoms in total. The van der Waals surface area contributed by atoms with Crippen LogP contribution in [0.1, 0.15) is 62.1 Å². The number of hydrazine groups is 1. The Morgan fingerprint density at radius 3 is 2.43 bits per heavy atom. The summed E-state index contributed by atoms with van der Waals surface area (Å²) in [5.74, 6) is -0.517. The number of halogens is 2. The number of nitrogens with one attached hydrogen (secondary N) is 3. The lowest BCUT2D eigenvalue weighted by molar-refractivity contribution is -0.130. The Hall–Kier alpha value is -2.91. The molecule has 37 heavy (non-hydrogen) atoms. The molecule has 3 aromatic rings. The maximum atomic E-state index is 13.2. The van der Waals surface area contributed by atoms with Crippen LogP contribution in [0, 0.1) is 5.92 Å². The molecule has 1 fully saturated rings. The number of imidazole rings is 1. The number of rotatable bonds is 9. The molecule has 0 unspecified atom stereocenters. The molecule has 4 rings (SSSR count). The second kappa shape index (κ2) is 12.6. The minimum atomic E-state index is -0.731. The first-order chi connectivity index (χ1) is 17.8. The van der Waals surface area contributed by atoms with E-state index in [-0.39, 0.29) is 23.6 Å². The molecule has 3 N–H and O–H groups in total. The summed E-state index contributed by atoms with van der Waals surface area (Å²) in [6.45, 7) is 4.35. The van der Waals surface area contributed by atoms with Crippen molar-refractivity contribution in [2.45, 2.75) is 58.5 Å². The molecule has 196 valence electrons. The molecule has 10 heteroatoms. The van der Waals surface area contributed by atoms with Gasteiger partial charge in [0.15, 0.2) is 5.69 Å². The van der Waals surface area contributed by atoms with Crippen LogP contribution in [0.4, 0.5) is 0 Å². The molecule has 1 amide bonds. The third-order valence-corrected chi connectivity index (χ3v) is 6.92. The quantitative estimate of drug-likeness (QED) is 0.303. The SMILES string of the molecule is CC(C)NCc1c(C(=O)ONNC(=O)C2CCCCC2)nc(-c2ccccc2Cl)n1-c1ccc(Cl)cc1. The highest BCUT2D eigenvalue weighted by molar-refractivity contribution is 6.33. The van der Waals surface area contributed by atoms with Crippen LogP contribution in [0.25, 0.3) is 17.1 Å². The smallest absolute Gasteiger partial charge is 0.345 e. The second-order valence-corrected chi connectivity index (χ2v) is 10.2. The standard InChI is InChI=1S/C27H31Cl2N5O3/c1-17(2)30-16-23-24(27(36)37-33-32-26(35)18-8-4-3-5-9-18)31-25(21-10-6-7-11-22(21)29)34(23)20-14-12-19(28)13-15-20/h6-7,10-15,17-18,30,33H,3-5,8-9,16H2,1-2H3,(H,32,35). The van der Waals surface area contributed by atoms with E-state index in [1.54, 1.807) is 18.2 Å². The Morgan fingerprint density at radius 2 is 1.76 bits per heavy atom. The summed E-state index contributed by atoms with van der Waals surface area (Å²) in [4.78, 5) is 35.6. The van der Waals surface area contributed by atoms with Crippen molar-refractivity contribution in [2.75, 3.05) is 0 Å². The minimum absolute atomic E-state index is 0.0818. The number of amides is 1. The van der Waals surface area contributed by atoms with Crippen LogP contribution in [0.3, 0.4) is 0 Å². The van der Waals surface area contributed by atoms with Crippen molar-refractivity contribution < 1.29 is 14.4 Å². The predicted octanol–water partition coefficient (Wildman–Crippen LogP) is 5.62. The lowest BCUT2D eigenvalue weighted by Crippen LogP contribution is -2.43. The van der Waals surface area contributed by atoms with Crippen molar-refractivity contribution in [1.82, 2.24) is 25.9 Å². The number of hydrogen-bond acceptors (Lipinski definition) is 6. The highest BCUT2D eigenvalue weighted by atomic mass is 35.5. The number of carbonyl (C=O) groups excluding carboxylic acids is 2. The molecule has 1 saturated carbocycles. The lowest BCUT2D eigenvalue weighted by atomic mass is 9.89. The van der Waals surface area contributed by atoms with Crippen molar-refractivity contribution in [3.8, 4) is 17.1 Å². The summed E-state index contributed by atoms with van der Waals surface area (Å²) >= 11 is 12.7. The fourth-order valence-corrected chi connectivity index (χ4v) is 4.76. The lowest BCUT2D eigenvalue weighted by Gasteiger charge is -2.20. The topological polar surface area (TPSA) is 97.3 Å². The molecule has 0 bridgehead atoms. The van der Waals surface area contributed by atoms with Crippen LogP contribution in [0.2, 0.25) is 10.0 Å². The van der Waals surface area contributed by atoms with E-state index in [4.69, 9.17) is 28.0 Å². The molecule has 0 atom stereocenters. The number of nitrogens with zero attached hydrogens (tertiary/aromatic N) is 2. The first kappa shape index (κ1) is 27.1. The van der Waals surface area contributed by atoms with E-state index >= 15 is 0 Å². The van der Waals surface area contributed by atoms with Gasteiger partial charge in [0.05, 0.1) is 10.7 Å². The van der Waals surface area contributed by atoms with E-state index in [9.17, 15) is 9.59 Å². The van der Waals surface area contributed by atoms with Crippen LogP contribution >= 0.6 is 23.2 Å². The molecule has 1 aliphatic carbocycles. The Morgan fingerprint density at radius 1 is 1.05 bits per heavy atom. The predicted molar refractivity (Wildman–Crippen MR) is 144 cm³/mol. The third-order valence-electron chi connectivity index (χ3n) is 6.34. The molecule has 0 radical (unpaired) electrons. The summed E-state index contributed by atoms with van der Waals surface area (Å²) < 4.78 is 1.87. The fourth-order valence-electron chi connectivity index (χ4n) is 4.41. The normalized spacial score (nSPS) is 14.1. The van der Waals surface area contributed by atoms with Gasteiger partial charge in [-0.15, -0.1) is 0 Å². The van der Waals surface area contributed by atoms with Crippen molar-refractivity contribution in [3.05, 3.63) is 70.0 Å². The molecule has 0 aliphatic heterocycles. The number of carbonyl (C=O) groups is 2. The van der Waals surface area contributed by atoms with Crippen LogP contribution in [-0.4, -0.2) is 27.5 Å². The van der Waals surface area contributed by atoms with Gasteiger partial charge in [0, 0.05) is 34.8 Å². The highest BCUT2D eigenvalue weighted by Gasteiger charge is 2.27. The number of benzene rings is 2. The molecule has 1 heterocycles. The number of hydrogen-bond donors (Lipinski definition) is 3. The van der Waals surface area contributed by atoms with E-state index in [0.717, 1.165) is 37.8 Å². The maximum absolute atomic E-state index is 13.2. The van der Waals surface area contributed by atoms with Gasteiger partial charge < -0.3 is 10.2 Å². The van der Waals surface area contributed by atoms with Gasteiger partial charge >= 0.3 is 5.97 Å². The van der Waals surface area contributed by atoms with Crippen LogP contribution in [0.5, 0.6) is 0 Å². The molecule has 1 aromatic heterocycles. The van der Waals surface area contributed by atoms with Crippen LogP contribution in [0.15, 0.2) is 48.5 Å². The minimum Gasteiger partial charge on any atom is -0.345 e. The molecule has 2 aromatic carbocycles. The Labute approximate surface area is 226 Å². The van der Waals surface area contributed by atoms with Gasteiger partial charge in [-0.1, -0.05) is 74.0 Å². The summed E-state index contributed by atoms with van der Waals surface area (Å²) in [6, 6.07) is 14.7. The molecule has 0 saturated heterocycles. The molecular weight excluding hydrogens is 513 g/mol. The maximum Gasteiger partial charge on any atom is 0.379 e. The Bertz CT molecular complexity index is 1240. The zero-order chi connectivity index (χ0) is 26.4. The van der Waals surface area contributed by atoms with E-state index in [1.807, 2.05) is 48.7 Å². The molecule has 0 spiro atoms. The molecular formula is C27H31Cl2N5O3. The van der Waals surface area contributed by atoms with Gasteiger partial charge in [0.25, 0.3) is 0 Å². The van der Waals surface area contributed by atoms with Gasteiger partial charge in [0.2, 0.25) is 5.91 Å². The number of aromatic nitrogens is 2. The summed E-state index contributed by atoms with van der Waals surface area (Å²) in [5.41, 5.74) is 6.93. The van der Waals surface area contributed by atoms with E-state index in [0.29, 0.717) is 33.7 Å². The van der Waals surface area contributed by atoms with Crippen LogP contribution < -0.4 is 16.3 Å². The Balaban J connectivity index is 1.68. The van der Waals surface area contributed by atoms with Gasteiger partial charge in [-0.05, 0) is 49.2 Å². The van der Waals surface area contributed by atoms with Gasteiger partial charge in [-0.25, -0.2) is 9.78 Å². The average Bonchev–Trinajstić information content (AvgIpc) is 3.28. The van der Waals surface area contributed by atoms with E-state index in [2.05, 4.69) is 21.3 Å². The van der Waals surface area contributed by atoms with E-state index in [1.165, 1.54) is 0 Å². The third kappa shape index (κ3) is 6.70. The molecule has 1 aliphatic rings. The highest BCUT2D eigenvalue weighted by Crippen LogP contribution is 2.32. The fraction of sp³-hybridized carbons (Fsp3) is 0.370. The van der Waals surface area contributed by atoms with Gasteiger partial charge in [-0.3, -0.25) is 14.8 Å². The second-order valence-electron chi connectivity index (χ2n) is 9.37. The summed E-state index contributed by atoms with van der Waals surface area (Å²) in [5, 5.41) is 4.43. The first-order valence-electron chi connectivity index (χ1n) is 12.5. The van der Waals surface area contributed by atoms with Gasteiger partial charge in [0.1, 0.15) is 5.82 Å². The monoisotopic (exact) mass is 543 g/mol. The zero-order valence-corrected chi connectivity index (χ0v) is 22.4. The Kier molecular flexibility index (Phi) is 9.21. The van der Waals surface area contributed by atoms with Crippen molar-refractivity contribution in [1.29, 1.82) is 0 Å². The zero-order valence-electron chi connectivity index (χ0n) is 20.9. The summed E-state index contributed by atoms with van der Waals surface area (Å²) in [6.07, 6.45) is 4.86. The first-order valence-corrected chi connectivity index (χ1v) is 13.2. The van der Waals surface area contributed by atoms with Crippen molar-refractivity contribution in [2.24, 2.45) is 5.92 Å². The van der Waals surface area contributed by atoms with Gasteiger partial charge in [-0.2, -0.15) is 0 Å². The van der Waals surface area contributed by atoms with Crippen molar-refractivity contribution in [3.63, 3.8) is 0 Å². The summed E-state index contributed by atoms with van der Waals surface area (Å²) in [7, 11) is 0. The van der Waals surface area contributed by atoms with Crippen molar-refractivity contribution >= 4 is 35.1 Å².